The monoisotopic (exact) mass is 366 g/mol. The molecule has 1 aliphatic heterocycles. The Balaban J connectivity index is 2.02. The number of amides is 3. The van der Waals surface area contributed by atoms with Crippen molar-refractivity contribution >= 4 is 23.5 Å². The van der Waals surface area contributed by atoms with Gasteiger partial charge in [-0.2, -0.15) is 0 Å². The third-order valence-electron chi connectivity index (χ3n) is 4.06. The first-order valence-electron chi connectivity index (χ1n) is 8.16. The molecule has 2 heterocycles. The number of H-pyrrole nitrogens is 1. The number of carbonyl (C=O) groups is 4. The molecule has 0 fully saturated rings. The molecule has 1 aliphatic rings. The Hall–Kier alpha value is -3.68. The smallest absolute Gasteiger partial charge is 0.267 e. The number of hydrogen-bond acceptors (Lipinski definition) is 5. The van der Waals surface area contributed by atoms with Gasteiger partial charge < -0.3 is 15.2 Å². The molecule has 0 bridgehead atoms. The van der Waals surface area contributed by atoms with E-state index in [9.17, 15) is 19.2 Å². The summed E-state index contributed by atoms with van der Waals surface area (Å²) >= 11 is 0. The summed E-state index contributed by atoms with van der Waals surface area (Å²) in [7, 11) is 4.83. The minimum atomic E-state index is -0.556. The van der Waals surface area contributed by atoms with Crippen molar-refractivity contribution in [3.8, 4) is 0 Å². The highest BCUT2D eigenvalue weighted by Crippen LogP contribution is 2.28. The Morgan fingerprint density at radius 3 is 2.22 bits per heavy atom. The molecule has 27 heavy (non-hydrogen) atoms. The Labute approximate surface area is 155 Å². The number of ketones is 1. The van der Waals surface area contributed by atoms with Crippen molar-refractivity contribution in [3.63, 3.8) is 0 Å². The number of Topliss-reactive ketones (excluding diaryl/α,β-unsaturated/α-hetero) is 1. The van der Waals surface area contributed by atoms with Crippen LogP contribution in [0.3, 0.4) is 0 Å². The summed E-state index contributed by atoms with van der Waals surface area (Å²) in [6, 6.07) is 7.79. The molecule has 1 aromatic carbocycles. The second-order valence-corrected chi connectivity index (χ2v) is 6.18. The van der Waals surface area contributed by atoms with Crippen LogP contribution in [0.1, 0.15) is 41.6 Å². The summed E-state index contributed by atoms with van der Waals surface area (Å²) in [4.78, 5) is 55.4. The fourth-order valence-electron chi connectivity index (χ4n) is 2.81. The van der Waals surface area contributed by atoms with Crippen LogP contribution in [-0.4, -0.2) is 59.4 Å². The molecule has 0 atom stereocenters. The summed E-state index contributed by atoms with van der Waals surface area (Å²) in [6.45, 7) is 0. The molecule has 0 saturated heterocycles. The molecule has 0 radical (unpaired) electrons. The van der Waals surface area contributed by atoms with Crippen LogP contribution in [0.4, 0.5) is 0 Å². The van der Waals surface area contributed by atoms with Gasteiger partial charge in [-0.1, -0.05) is 12.1 Å². The van der Waals surface area contributed by atoms with Crippen molar-refractivity contribution in [2.24, 2.45) is 0 Å². The van der Waals surface area contributed by atoms with E-state index in [0.717, 1.165) is 4.90 Å². The van der Waals surface area contributed by atoms with Crippen molar-refractivity contribution in [1.29, 1.82) is 0 Å². The molecule has 0 spiro atoms. The minimum absolute atomic E-state index is 0.0892. The van der Waals surface area contributed by atoms with Gasteiger partial charge in [-0.15, -0.1) is 0 Å². The number of hydrogen-bond donors (Lipinski definition) is 2. The number of imide groups is 1. The molecule has 0 aliphatic carbocycles. The number of fused-ring (bicyclic) bond motifs is 1. The lowest BCUT2D eigenvalue weighted by Crippen LogP contribution is -2.34. The maximum absolute atomic E-state index is 13.0. The van der Waals surface area contributed by atoms with E-state index in [2.05, 4.69) is 10.3 Å². The molecule has 0 unspecified atom stereocenters. The number of nitrogens with one attached hydrogen (secondary N) is 2. The Morgan fingerprint density at radius 2 is 1.70 bits per heavy atom. The lowest BCUT2D eigenvalue weighted by molar-refractivity contribution is 0.0675. The van der Waals surface area contributed by atoms with Gasteiger partial charge in [0.15, 0.2) is 0 Å². The molecule has 2 aromatic rings. The van der Waals surface area contributed by atoms with E-state index >= 15 is 0 Å². The third kappa shape index (κ3) is 3.12. The number of nitrogens with zero attached hydrogens (tertiary/aromatic N) is 2. The van der Waals surface area contributed by atoms with E-state index in [-0.39, 0.29) is 34.0 Å². The maximum atomic E-state index is 13.0. The van der Waals surface area contributed by atoms with Gasteiger partial charge in [0.05, 0.1) is 11.1 Å². The molecule has 138 valence electrons. The first kappa shape index (κ1) is 18.1. The predicted octanol–water partition coefficient (Wildman–Crippen LogP) is 1.26. The van der Waals surface area contributed by atoms with Crippen LogP contribution in [0.2, 0.25) is 0 Å². The fourth-order valence-corrected chi connectivity index (χ4v) is 2.81. The van der Waals surface area contributed by atoms with Gasteiger partial charge in [-0.05, 0) is 18.2 Å². The first-order chi connectivity index (χ1) is 12.8. The second kappa shape index (κ2) is 6.91. The van der Waals surface area contributed by atoms with Crippen LogP contribution in [0.15, 0.2) is 48.4 Å². The highest BCUT2D eigenvalue weighted by atomic mass is 16.2. The number of carbonyl (C=O) groups excluding carboxylic acids is 4. The summed E-state index contributed by atoms with van der Waals surface area (Å²) in [5, 5.41) is 2.45. The summed E-state index contributed by atoms with van der Waals surface area (Å²) in [5.74, 6) is -2.05. The van der Waals surface area contributed by atoms with Crippen LogP contribution >= 0.6 is 0 Å². The largest absolute Gasteiger partial charge is 0.382 e. The van der Waals surface area contributed by atoms with Crippen LogP contribution in [0.25, 0.3) is 0 Å². The van der Waals surface area contributed by atoms with Crippen LogP contribution < -0.4 is 5.32 Å². The normalized spacial score (nSPS) is 13.6. The standard InChI is InChI=1S/C19H18N4O4/c1-20-17(25)14-8-11(9-21-14)16(24)15(10-22(2)3)23-18(26)12-6-4-5-7-13(12)19(23)27/h4-10,21H,1-3H3,(H,20,25)/b15-10-. The van der Waals surface area contributed by atoms with E-state index in [1.165, 1.54) is 25.5 Å². The highest BCUT2D eigenvalue weighted by molar-refractivity contribution is 6.26. The third-order valence-corrected chi connectivity index (χ3v) is 4.06. The van der Waals surface area contributed by atoms with Gasteiger partial charge in [0.2, 0.25) is 5.78 Å². The quantitative estimate of drug-likeness (QED) is 0.471. The van der Waals surface area contributed by atoms with Crippen LogP contribution in [0, 0.1) is 0 Å². The molecular weight excluding hydrogens is 348 g/mol. The number of aromatic nitrogens is 1. The van der Waals surface area contributed by atoms with Gasteiger partial charge in [0.1, 0.15) is 11.4 Å². The highest BCUT2D eigenvalue weighted by Gasteiger charge is 2.40. The maximum Gasteiger partial charge on any atom is 0.267 e. The van der Waals surface area contributed by atoms with Crippen molar-refractivity contribution in [1.82, 2.24) is 20.1 Å². The lowest BCUT2D eigenvalue weighted by atomic mass is 10.1. The van der Waals surface area contributed by atoms with Gasteiger partial charge in [-0.3, -0.25) is 19.2 Å². The number of aromatic amines is 1. The predicted molar refractivity (Wildman–Crippen MR) is 97.2 cm³/mol. The average Bonchev–Trinajstić information content (AvgIpc) is 3.24. The minimum Gasteiger partial charge on any atom is -0.382 e. The molecule has 2 N–H and O–H groups in total. The second-order valence-electron chi connectivity index (χ2n) is 6.18. The molecule has 0 saturated carbocycles. The zero-order valence-electron chi connectivity index (χ0n) is 15.1. The van der Waals surface area contributed by atoms with Crippen molar-refractivity contribution in [2.45, 2.75) is 0 Å². The number of allylic oxidation sites excluding steroid dienone is 1. The topological polar surface area (TPSA) is 103 Å². The molecule has 1 aromatic heterocycles. The van der Waals surface area contributed by atoms with Crippen molar-refractivity contribution in [2.75, 3.05) is 21.1 Å². The van der Waals surface area contributed by atoms with E-state index in [1.54, 1.807) is 43.3 Å². The SMILES string of the molecule is CNC(=O)c1cc(C(=O)/C(=C/N(C)C)N2C(=O)c3ccccc3C2=O)c[nH]1. The lowest BCUT2D eigenvalue weighted by Gasteiger charge is -2.19. The Kier molecular flexibility index (Phi) is 4.64. The number of rotatable bonds is 5. The first-order valence-corrected chi connectivity index (χ1v) is 8.16. The summed E-state index contributed by atoms with van der Waals surface area (Å²) in [5.41, 5.74) is 0.777. The molecule has 8 heteroatoms. The molecule has 3 amide bonds. The zero-order chi connectivity index (χ0) is 19.7. The van der Waals surface area contributed by atoms with E-state index in [0.29, 0.717) is 0 Å². The molecular formula is C19H18N4O4. The zero-order valence-corrected chi connectivity index (χ0v) is 15.1. The fraction of sp³-hybridized carbons (Fsp3) is 0.158. The van der Waals surface area contributed by atoms with Gasteiger partial charge in [0.25, 0.3) is 17.7 Å². The van der Waals surface area contributed by atoms with Crippen LogP contribution in [-0.2, 0) is 0 Å². The summed E-state index contributed by atoms with van der Waals surface area (Å²) in [6.07, 6.45) is 2.78. The Morgan fingerprint density at radius 1 is 1.11 bits per heavy atom. The van der Waals surface area contributed by atoms with Crippen molar-refractivity contribution in [3.05, 3.63) is 70.8 Å². The van der Waals surface area contributed by atoms with Gasteiger partial charge >= 0.3 is 0 Å². The Bertz CT molecular complexity index is 952. The van der Waals surface area contributed by atoms with E-state index in [4.69, 9.17) is 0 Å². The van der Waals surface area contributed by atoms with Gasteiger partial charge in [-0.25, -0.2) is 4.90 Å². The van der Waals surface area contributed by atoms with Crippen LogP contribution in [0.5, 0.6) is 0 Å². The molecule has 8 nitrogen and oxygen atoms in total. The average molecular weight is 366 g/mol. The summed E-state index contributed by atoms with van der Waals surface area (Å²) < 4.78 is 0. The van der Waals surface area contributed by atoms with E-state index in [1.807, 2.05) is 0 Å². The van der Waals surface area contributed by atoms with E-state index < -0.39 is 17.6 Å². The van der Waals surface area contributed by atoms with Crippen molar-refractivity contribution < 1.29 is 19.2 Å². The number of benzene rings is 1. The molecule has 3 rings (SSSR count). The van der Waals surface area contributed by atoms with Gasteiger partial charge in [0, 0.05) is 39.1 Å².